The fourth-order valence-electron chi connectivity index (χ4n) is 2.66. The lowest BCUT2D eigenvalue weighted by atomic mass is 10.1. The summed E-state index contributed by atoms with van der Waals surface area (Å²) in [7, 11) is 1.63. The number of benzene rings is 2. The highest BCUT2D eigenvalue weighted by Gasteiger charge is 2.21. The van der Waals surface area contributed by atoms with Gasteiger partial charge in [0.2, 0.25) is 0 Å². The van der Waals surface area contributed by atoms with Gasteiger partial charge < -0.3 is 10.1 Å². The molecule has 0 radical (unpaired) electrons. The number of hydrogen-bond donors (Lipinski definition) is 1. The largest absolute Gasteiger partial charge is 0.495 e. The summed E-state index contributed by atoms with van der Waals surface area (Å²) in [5.41, 5.74) is 3.89. The molecule has 2 nitrogen and oxygen atoms in total. The van der Waals surface area contributed by atoms with Gasteiger partial charge in [0.15, 0.2) is 0 Å². The van der Waals surface area contributed by atoms with Gasteiger partial charge in [0.25, 0.3) is 0 Å². The Morgan fingerprint density at radius 1 is 1.21 bits per heavy atom. The van der Waals surface area contributed by atoms with Crippen molar-refractivity contribution in [2.75, 3.05) is 12.4 Å². The minimum Gasteiger partial charge on any atom is -0.495 e. The van der Waals surface area contributed by atoms with Crippen molar-refractivity contribution in [3.8, 4) is 5.75 Å². The molecule has 98 valence electrons. The van der Waals surface area contributed by atoms with E-state index in [1.807, 2.05) is 18.2 Å². The highest BCUT2D eigenvalue weighted by molar-refractivity contribution is 6.32. The van der Waals surface area contributed by atoms with Crippen LogP contribution >= 0.6 is 11.6 Å². The van der Waals surface area contributed by atoms with Gasteiger partial charge in [0.05, 0.1) is 18.2 Å². The van der Waals surface area contributed by atoms with Crippen LogP contribution in [0.5, 0.6) is 5.75 Å². The van der Waals surface area contributed by atoms with Crippen LogP contribution in [0.1, 0.15) is 23.6 Å². The van der Waals surface area contributed by atoms with Crippen molar-refractivity contribution in [3.05, 3.63) is 58.6 Å². The maximum absolute atomic E-state index is 6.04. The zero-order valence-electron chi connectivity index (χ0n) is 10.8. The molecule has 0 saturated carbocycles. The topological polar surface area (TPSA) is 21.3 Å². The van der Waals surface area contributed by atoms with Crippen molar-refractivity contribution in [2.24, 2.45) is 0 Å². The molecule has 0 amide bonds. The molecule has 0 saturated heterocycles. The summed E-state index contributed by atoms with van der Waals surface area (Å²) in [6.45, 7) is 0. The van der Waals surface area contributed by atoms with E-state index in [9.17, 15) is 0 Å². The average molecular weight is 274 g/mol. The maximum Gasteiger partial charge on any atom is 0.139 e. The fraction of sp³-hybridized carbons (Fsp3) is 0.250. The molecule has 1 unspecified atom stereocenters. The lowest BCUT2D eigenvalue weighted by molar-refractivity contribution is 0.415. The molecule has 3 rings (SSSR count). The summed E-state index contributed by atoms with van der Waals surface area (Å²) in [5, 5.41) is 4.20. The van der Waals surface area contributed by atoms with Crippen LogP contribution in [0.2, 0.25) is 5.02 Å². The Labute approximate surface area is 118 Å². The minimum atomic E-state index is 0.377. The van der Waals surface area contributed by atoms with E-state index in [0.29, 0.717) is 16.8 Å². The quantitative estimate of drug-likeness (QED) is 0.892. The second-order valence-electron chi connectivity index (χ2n) is 4.78. The number of fused-ring (bicyclic) bond motifs is 1. The molecule has 0 spiro atoms. The van der Waals surface area contributed by atoms with Crippen LogP contribution in [0.25, 0.3) is 0 Å². The predicted octanol–water partition coefficient (Wildman–Crippen LogP) is 4.45. The molecular formula is C16H16ClNO. The third-order valence-corrected chi connectivity index (χ3v) is 3.94. The Kier molecular flexibility index (Phi) is 3.34. The van der Waals surface area contributed by atoms with E-state index < -0.39 is 0 Å². The van der Waals surface area contributed by atoms with Gasteiger partial charge in [-0.15, -0.1) is 0 Å². The van der Waals surface area contributed by atoms with Crippen molar-refractivity contribution in [1.82, 2.24) is 0 Å². The molecule has 2 aromatic rings. The fourth-order valence-corrected chi connectivity index (χ4v) is 2.85. The van der Waals surface area contributed by atoms with E-state index >= 15 is 0 Å². The zero-order valence-corrected chi connectivity index (χ0v) is 11.6. The van der Waals surface area contributed by atoms with Crippen LogP contribution in [0.4, 0.5) is 5.69 Å². The molecule has 0 aliphatic heterocycles. The van der Waals surface area contributed by atoms with Gasteiger partial charge in [-0.1, -0.05) is 35.9 Å². The molecule has 3 heteroatoms. The molecule has 0 heterocycles. The van der Waals surface area contributed by atoms with Gasteiger partial charge >= 0.3 is 0 Å². The summed E-state index contributed by atoms with van der Waals surface area (Å²) >= 11 is 6.04. The number of anilines is 1. The predicted molar refractivity (Wildman–Crippen MR) is 79.1 cm³/mol. The van der Waals surface area contributed by atoms with Crippen molar-refractivity contribution < 1.29 is 4.74 Å². The van der Waals surface area contributed by atoms with Gasteiger partial charge in [-0.25, -0.2) is 0 Å². The molecule has 0 bridgehead atoms. The molecule has 19 heavy (non-hydrogen) atoms. The van der Waals surface area contributed by atoms with Crippen molar-refractivity contribution in [2.45, 2.75) is 18.9 Å². The highest BCUT2D eigenvalue weighted by atomic mass is 35.5. The van der Waals surface area contributed by atoms with Crippen LogP contribution in [-0.4, -0.2) is 7.11 Å². The summed E-state index contributed by atoms with van der Waals surface area (Å²) in [5.74, 6) is 0.706. The van der Waals surface area contributed by atoms with Crippen LogP contribution in [0.3, 0.4) is 0 Å². The van der Waals surface area contributed by atoms with Gasteiger partial charge in [-0.2, -0.15) is 0 Å². The monoisotopic (exact) mass is 273 g/mol. The van der Waals surface area contributed by atoms with E-state index in [1.54, 1.807) is 7.11 Å². The normalized spacial score (nSPS) is 17.1. The van der Waals surface area contributed by atoms with Gasteiger partial charge in [0, 0.05) is 11.8 Å². The Morgan fingerprint density at radius 2 is 2.05 bits per heavy atom. The van der Waals surface area contributed by atoms with E-state index in [-0.39, 0.29) is 0 Å². The molecule has 0 fully saturated rings. The number of methoxy groups -OCH3 is 1. The SMILES string of the molecule is COc1cc(NC2CCc3ccccc32)ccc1Cl. The maximum atomic E-state index is 6.04. The minimum absolute atomic E-state index is 0.377. The highest BCUT2D eigenvalue weighted by Crippen LogP contribution is 2.35. The van der Waals surface area contributed by atoms with Crippen LogP contribution in [0, 0.1) is 0 Å². The summed E-state index contributed by atoms with van der Waals surface area (Å²) in [6, 6.07) is 14.8. The van der Waals surface area contributed by atoms with Crippen molar-refractivity contribution in [1.29, 1.82) is 0 Å². The third-order valence-electron chi connectivity index (χ3n) is 3.62. The van der Waals surface area contributed by atoms with E-state index in [0.717, 1.165) is 18.5 Å². The first-order valence-electron chi connectivity index (χ1n) is 6.46. The van der Waals surface area contributed by atoms with Crippen molar-refractivity contribution in [3.63, 3.8) is 0 Å². The zero-order chi connectivity index (χ0) is 13.2. The number of rotatable bonds is 3. The van der Waals surface area contributed by atoms with Crippen LogP contribution in [-0.2, 0) is 6.42 Å². The first-order valence-corrected chi connectivity index (χ1v) is 6.83. The van der Waals surface area contributed by atoms with Gasteiger partial charge in [0.1, 0.15) is 5.75 Å². The molecule has 1 aliphatic rings. The Balaban J connectivity index is 1.83. The van der Waals surface area contributed by atoms with Crippen LogP contribution < -0.4 is 10.1 Å². The van der Waals surface area contributed by atoms with E-state index in [2.05, 4.69) is 29.6 Å². The van der Waals surface area contributed by atoms with E-state index in [4.69, 9.17) is 16.3 Å². The summed E-state index contributed by atoms with van der Waals surface area (Å²) < 4.78 is 5.25. The molecule has 1 aliphatic carbocycles. The molecule has 1 N–H and O–H groups in total. The molecule has 2 aromatic carbocycles. The van der Waals surface area contributed by atoms with Crippen molar-refractivity contribution >= 4 is 17.3 Å². The Morgan fingerprint density at radius 3 is 2.89 bits per heavy atom. The number of ether oxygens (including phenoxy) is 1. The Bertz CT molecular complexity index is 597. The lowest BCUT2D eigenvalue weighted by Crippen LogP contribution is -2.07. The first-order chi connectivity index (χ1) is 9.28. The van der Waals surface area contributed by atoms with Crippen LogP contribution in [0.15, 0.2) is 42.5 Å². The number of aryl methyl sites for hydroxylation is 1. The average Bonchev–Trinajstić information content (AvgIpc) is 2.84. The Hall–Kier alpha value is -1.67. The molecule has 0 aromatic heterocycles. The van der Waals surface area contributed by atoms with E-state index in [1.165, 1.54) is 11.1 Å². The lowest BCUT2D eigenvalue weighted by Gasteiger charge is -2.16. The van der Waals surface area contributed by atoms with Gasteiger partial charge in [-0.05, 0) is 36.1 Å². The third kappa shape index (κ3) is 2.41. The smallest absolute Gasteiger partial charge is 0.139 e. The molecular weight excluding hydrogens is 258 g/mol. The summed E-state index contributed by atoms with van der Waals surface area (Å²) in [4.78, 5) is 0. The second-order valence-corrected chi connectivity index (χ2v) is 5.19. The van der Waals surface area contributed by atoms with Gasteiger partial charge in [-0.3, -0.25) is 0 Å². The summed E-state index contributed by atoms with van der Waals surface area (Å²) in [6.07, 6.45) is 2.27. The first kappa shape index (κ1) is 12.4. The second kappa shape index (κ2) is 5.14. The standard InChI is InChI=1S/C16H16ClNO/c1-19-16-10-12(7-8-14(16)17)18-15-9-6-11-4-2-3-5-13(11)15/h2-5,7-8,10,15,18H,6,9H2,1H3. The number of nitrogens with one attached hydrogen (secondary N) is 1. The number of hydrogen-bond acceptors (Lipinski definition) is 2. The number of halogens is 1. The molecule has 1 atom stereocenters.